The molecule has 4 aliphatic rings. The summed E-state index contributed by atoms with van der Waals surface area (Å²) < 4.78 is 14.2. The lowest BCUT2D eigenvalue weighted by Gasteiger charge is -2.41. The van der Waals surface area contributed by atoms with Gasteiger partial charge in [-0.15, -0.1) is 0 Å². The Bertz CT molecular complexity index is 2600. The highest BCUT2D eigenvalue weighted by molar-refractivity contribution is 5.98. The van der Waals surface area contributed by atoms with Gasteiger partial charge in [-0.2, -0.15) is 0 Å². The quantitative estimate of drug-likeness (QED) is 0.119. The van der Waals surface area contributed by atoms with E-state index in [0.717, 1.165) is 39.0 Å². The zero-order chi connectivity index (χ0) is 48.8. The Kier molecular flexibility index (Phi) is 13.8. The molecule has 0 aliphatic carbocycles. The maximum absolute atomic E-state index is 14.8. The first-order valence-electron chi connectivity index (χ1n) is 24.2. The molecule has 68 heavy (non-hydrogen) atoms. The lowest BCUT2D eigenvalue weighted by atomic mass is 9.84. The highest BCUT2D eigenvalue weighted by Gasteiger charge is 2.51. The van der Waals surface area contributed by atoms with Crippen LogP contribution < -0.4 is 16.1 Å². The van der Waals surface area contributed by atoms with Crippen LogP contribution in [0.1, 0.15) is 97.1 Å². The number of ether oxygens (including phenoxy) is 2. The second kappa shape index (κ2) is 19.3. The number of aromatic hydroxyl groups is 1. The van der Waals surface area contributed by atoms with E-state index in [1.54, 1.807) is 44.3 Å². The Balaban J connectivity index is 1.20. The molecule has 2 aromatic heterocycles. The van der Waals surface area contributed by atoms with E-state index in [4.69, 9.17) is 14.5 Å². The average molecular weight is 933 g/mol. The zero-order valence-electron chi connectivity index (χ0n) is 41.0. The maximum Gasteiger partial charge on any atom is 0.324 e. The molecule has 4 amide bonds. The number of fused-ring (bicyclic) bond motifs is 6. The van der Waals surface area contributed by atoms with Crippen molar-refractivity contribution < 1.29 is 38.6 Å². The third kappa shape index (κ3) is 9.46. The van der Waals surface area contributed by atoms with Gasteiger partial charge in [0.2, 0.25) is 17.7 Å². The molecule has 16 heteroatoms. The maximum atomic E-state index is 14.8. The lowest BCUT2D eigenvalue weighted by Crippen LogP contribution is -2.64. The minimum Gasteiger partial charge on any atom is -0.508 e. The van der Waals surface area contributed by atoms with E-state index in [9.17, 15) is 29.1 Å². The molecule has 0 spiro atoms. The number of phenolic OH excluding ortho intramolecular Hbond substituents is 1. The predicted molar refractivity (Wildman–Crippen MR) is 258 cm³/mol. The van der Waals surface area contributed by atoms with Crippen molar-refractivity contribution in [1.29, 1.82) is 0 Å². The normalized spacial score (nSPS) is 23.8. The number of aryl methyl sites for hydroxylation is 1. The number of cyclic esters (lactones) is 1. The Morgan fingerprint density at radius 2 is 1.81 bits per heavy atom. The van der Waals surface area contributed by atoms with Gasteiger partial charge in [-0.05, 0) is 117 Å². The number of carbonyl (C=O) groups is 5. The molecule has 4 aliphatic heterocycles. The summed E-state index contributed by atoms with van der Waals surface area (Å²) in [7, 11) is 3.26. The second-order valence-electron chi connectivity index (χ2n) is 20.5. The number of carbonyl (C=O) groups excluding carboxylic acids is 5. The van der Waals surface area contributed by atoms with Crippen LogP contribution in [0, 0.1) is 11.3 Å². The topological polar surface area (TPSA) is 198 Å². The molecule has 0 saturated carbocycles. The molecule has 364 valence electrons. The van der Waals surface area contributed by atoms with Gasteiger partial charge in [0.15, 0.2) is 0 Å². The number of hydrazine groups is 1. The number of rotatable bonds is 10. The van der Waals surface area contributed by atoms with Crippen molar-refractivity contribution in [2.45, 2.75) is 129 Å². The Hall–Kier alpha value is -5.84. The largest absolute Gasteiger partial charge is 0.508 e. The van der Waals surface area contributed by atoms with Gasteiger partial charge in [-0.25, -0.2) is 5.43 Å². The lowest BCUT2D eigenvalue weighted by molar-refractivity contribution is -0.156. The van der Waals surface area contributed by atoms with Gasteiger partial charge in [0.1, 0.15) is 29.4 Å². The number of benzene rings is 2. The summed E-state index contributed by atoms with van der Waals surface area (Å²) in [5.41, 5.74) is 8.40. The third-order valence-corrected chi connectivity index (χ3v) is 14.4. The first-order valence-corrected chi connectivity index (χ1v) is 24.2. The molecular formula is C52H68N8O8. The van der Waals surface area contributed by atoms with Crippen LogP contribution in [0.4, 0.5) is 0 Å². The molecule has 8 rings (SSSR count). The second-order valence-corrected chi connectivity index (χ2v) is 20.5. The fourth-order valence-corrected chi connectivity index (χ4v) is 10.7. The van der Waals surface area contributed by atoms with Gasteiger partial charge in [-0.3, -0.25) is 34.0 Å². The third-order valence-electron chi connectivity index (χ3n) is 14.4. The molecule has 6 heterocycles. The standard InChI is InChI=1S/C52H68N8O8/c1-10-58-42-17-16-33-26-37(42)38(45(58)36-14-11-19-53-43(36)31(4)67-9)27-51(5,6)29-68-49(65)39-15-12-21-60(56-39)48(64)40(24-32-22-34(33)25-35(61)23-32)55-46(62)44(30(2)3)57(8)50(66)52(7)18-13-20-59(52)47(63)41-28-54-41/h11,14,16-17,19,22-23,25-26,30-31,39-41,44,54,56,61H,10,12-13,15,18,20-21,24,27-29H2,1-9H3,(H,55,62)/t31-,39-,40-,41-,44+,52+/m0/s1. The number of pyridine rings is 1. The van der Waals surface area contributed by atoms with Crippen LogP contribution in [0.25, 0.3) is 33.3 Å². The van der Waals surface area contributed by atoms with Crippen LogP contribution in [-0.2, 0) is 52.8 Å². The molecule has 4 aromatic rings. The summed E-state index contributed by atoms with van der Waals surface area (Å²) >= 11 is 0. The van der Waals surface area contributed by atoms with Crippen LogP contribution in [0.5, 0.6) is 5.75 Å². The summed E-state index contributed by atoms with van der Waals surface area (Å²) in [6, 6.07) is 12.2. The van der Waals surface area contributed by atoms with E-state index in [2.05, 4.69) is 59.6 Å². The van der Waals surface area contributed by atoms with E-state index < -0.39 is 46.9 Å². The smallest absolute Gasteiger partial charge is 0.324 e. The summed E-state index contributed by atoms with van der Waals surface area (Å²) in [5.74, 6) is -2.36. The fraction of sp³-hybridized carbons (Fsp3) is 0.538. The highest BCUT2D eigenvalue weighted by atomic mass is 16.5. The highest BCUT2D eigenvalue weighted by Crippen LogP contribution is 2.42. The SMILES string of the molecule is CCn1c(-c2cccnc2[C@H](C)OC)c2c3cc(ccc31)-c1cc(O)cc(c1)C[C@H](NC(=O)[C@@H](C(C)C)N(C)C(=O)[C@@]1(C)CCCN1C(=O)[C@@H]1CN1)C(=O)N1CCC[C@H](N1)C(=O)OCC(C)(C)C2. The van der Waals surface area contributed by atoms with Crippen molar-refractivity contribution >= 4 is 40.5 Å². The number of likely N-dealkylation sites (N-methyl/N-ethyl adjacent to an activating group) is 1. The molecule has 6 bridgehead atoms. The molecule has 3 saturated heterocycles. The molecule has 0 radical (unpaired) electrons. The van der Waals surface area contributed by atoms with Crippen molar-refractivity contribution in [3.8, 4) is 28.1 Å². The van der Waals surface area contributed by atoms with E-state index >= 15 is 0 Å². The van der Waals surface area contributed by atoms with Crippen LogP contribution in [0.3, 0.4) is 0 Å². The first kappa shape index (κ1) is 48.6. The van der Waals surface area contributed by atoms with Crippen molar-refractivity contribution in [3.63, 3.8) is 0 Å². The van der Waals surface area contributed by atoms with Gasteiger partial charge in [0.25, 0.3) is 5.91 Å². The summed E-state index contributed by atoms with van der Waals surface area (Å²) in [4.78, 5) is 79.2. The van der Waals surface area contributed by atoms with Gasteiger partial charge in [0, 0.05) is 74.8 Å². The van der Waals surface area contributed by atoms with Gasteiger partial charge < -0.3 is 39.6 Å². The fourth-order valence-electron chi connectivity index (χ4n) is 10.7. The predicted octanol–water partition coefficient (Wildman–Crippen LogP) is 5.29. The van der Waals surface area contributed by atoms with E-state index in [1.165, 1.54) is 9.91 Å². The number of methoxy groups -OCH3 is 1. The minimum absolute atomic E-state index is 0.0131. The summed E-state index contributed by atoms with van der Waals surface area (Å²) in [6.07, 6.45) is 4.07. The van der Waals surface area contributed by atoms with Crippen molar-refractivity contribution in [1.82, 2.24) is 40.4 Å². The number of likely N-dealkylation sites (tertiary alicyclic amines) is 1. The Morgan fingerprint density at radius 3 is 2.51 bits per heavy atom. The van der Waals surface area contributed by atoms with Gasteiger partial charge >= 0.3 is 5.97 Å². The number of hydrogen-bond acceptors (Lipinski definition) is 11. The number of aromatic nitrogens is 2. The van der Waals surface area contributed by atoms with Crippen molar-refractivity contribution in [2.75, 3.05) is 40.4 Å². The van der Waals surface area contributed by atoms with Crippen LogP contribution in [-0.4, -0.2) is 129 Å². The van der Waals surface area contributed by atoms with Crippen LogP contribution in [0.15, 0.2) is 54.7 Å². The van der Waals surface area contributed by atoms with E-state index in [0.29, 0.717) is 62.9 Å². The molecular weight excluding hydrogens is 865 g/mol. The Morgan fingerprint density at radius 1 is 1.04 bits per heavy atom. The van der Waals surface area contributed by atoms with Gasteiger partial charge in [-0.1, -0.05) is 39.8 Å². The van der Waals surface area contributed by atoms with Crippen molar-refractivity contribution in [2.24, 2.45) is 11.3 Å². The van der Waals surface area contributed by atoms with Gasteiger partial charge in [0.05, 0.1) is 30.1 Å². The molecule has 3 fully saturated rings. The minimum atomic E-state index is -1.18. The molecule has 6 atom stereocenters. The number of esters is 1. The number of nitrogens with one attached hydrogen (secondary N) is 3. The molecule has 2 aromatic carbocycles. The number of nitrogens with zero attached hydrogens (tertiary/aromatic N) is 5. The molecule has 0 unspecified atom stereocenters. The first-order chi connectivity index (χ1) is 32.3. The molecule has 16 nitrogen and oxygen atoms in total. The van der Waals surface area contributed by atoms with E-state index in [-0.39, 0.29) is 55.2 Å². The average Bonchev–Trinajstić information content (AvgIpc) is 4.03. The monoisotopic (exact) mass is 933 g/mol. The number of amides is 4. The summed E-state index contributed by atoms with van der Waals surface area (Å²) in [6.45, 7) is 15.8. The summed E-state index contributed by atoms with van der Waals surface area (Å²) in [5, 5.41) is 19.8. The van der Waals surface area contributed by atoms with Crippen LogP contribution >= 0.6 is 0 Å². The Labute approximate surface area is 399 Å². The number of hydrogen-bond donors (Lipinski definition) is 4. The van der Waals surface area contributed by atoms with Crippen LogP contribution in [0.2, 0.25) is 0 Å². The van der Waals surface area contributed by atoms with Crippen molar-refractivity contribution in [3.05, 3.63) is 71.5 Å². The zero-order valence-corrected chi connectivity index (χ0v) is 41.0. The van der Waals surface area contributed by atoms with E-state index in [1.807, 2.05) is 39.0 Å². The molecule has 4 N–H and O–H groups in total. The number of phenols is 1.